The molecule has 0 aliphatic carbocycles. The van der Waals surface area contributed by atoms with Gasteiger partial charge in [-0.1, -0.05) is 11.8 Å². The Labute approximate surface area is 126 Å². The zero-order valence-electron chi connectivity index (χ0n) is 11.9. The van der Waals surface area contributed by atoms with E-state index in [1.165, 1.54) is 4.88 Å². The molecule has 2 aromatic rings. The molecule has 0 saturated carbocycles. The lowest BCUT2D eigenvalue weighted by Gasteiger charge is -2.10. The molecule has 3 rings (SSSR count). The molecule has 2 aromatic heterocycles. The van der Waals surface area contributed by atoms with Gasteiger partial charge in [-0.25, -0.2) is 4.98 Å². The Morgan fingerprint density at radius 3 is 3.00 bits per heavy atom. The predicted octanol–water partition coefficient (Wildman–Crippen LogP) is 2.88. The summed E-state index contributed by atoms with van der Waals surface area (Å²) in [6.07, 6.45) is 2.56. The van der Waals surface area contributed by atoms with Gasteiger partial charge in [-0.2, -0.15) is 0 Å². The molecule has 4 nitrogen and oxygen atoms in total. The van der Waals surface area contributed by atoms with Gasteiger partial charge in [0.05, 0.1) is 11.5 Å². The maximum atomic E-state index is 12.5. The number of thiophene rings is 1. The van der Waals surface area contributed by atoms with E-state index in [0.29, 0.717) is 6.10 Å². The van der Waals surface area contributed by atoms with Crippen molar-refractivity contribution in [1.29, 1.82) is 0 Å². The van der Waals surface area contributed by atoms with E-state index in [1.54, 1.807) is 34.7 Å². The average molecular weight is 310 g/mol. The zero-order chi connectivity index (χ0) is 14.3. The fourth-order valence-electron chi connectivity index (χ4n) is 2.43. The summed E-state index contributed by atoms with van der Waals surface area (Å²) in [7, 11) is 1.80. The van der Waals surface area contributed by atoms with E-state index in [2.05, 4.69) is 4.98 Å². The quantitative estimate of drug-likeness (QED) is 0.646. The molecule has 1 fully saturated rings. The first-order valence-electron chi connectivity index (χ1n) is 6.79. The highest BCUT2D eigenvalue weighted by Crippen LogP contribution is 2.29. The van der Waals surface area contributed by atoms with Gasteiger partial charge >= 0.3 is 0 Å². The van der Waals surface area contributed by atoms with Crippen LogP contribution in [0.5, 0.6) is 0 Å². The summed E-state index contributed by atoms with van der Waals surface area (Å²) in [5.74, 6) is 0.870. The molecule has 1 aliphatic heterocycles. The molecule has 0 radical (unpaired) electrons. The van der Waals surface area contributed by atoms with E-state index in [0.717, 1.165) is 46.1 Å². The molecule has 1 atom stereocenters. The number of aromatic nitrogens is 2. The van der Waals surface area contributed by atoms with Crippen LogP contribution in [0.25, 0.3) is 10.2 Å². The number of rotatable bonds is 3. The van der Waals surface area contributed by atoms with E-state index in [9.17, 15) is 4.79 Å². The van der Waals surface area contributed by atoms with Gasteiger partial charge in [0.15, 0.2) is 5.16 Å². The number of aryl methyl sites for hydroxylation is 2. The molecule has 0 amide bonds. The van der Waals surface area contributed by atoms with Crippen LogP contribution in [0.2, 0.25) is 0 Å². The number of fused-ring (bicyclic) bond motifs is 1. The Bertz CT molecular complexity index is 699. The molecule has 0 N–H and O–H groups in total. The molecular weight excluding hydrogens is 292 g/mol. The SMILES string of the molecule is Cc1sc2nc(SCC3CCCO3)n(C)c(=O)c2c1C. The highest BCUT2D eigenvalue weighted by molar-refractivity contribution is 7.99. The predicted molar refractivity (Wildman–Crippen MR) is 84.0 cm³/mol. The standard InChI is InChI=1S/C14H18N2O2S2/c1-8-9(2)20-12-11(8)13(17)16(3)14(15-12)19-7-10-5-4-6-18-10/h10H,4-7H2,1-3H3. The normalized spacial score (nSPS) is 19.1. The summed E-state index contributed by atoms with van der Waals surface area (Å²) in [4.78, 5) is 19.2. The first-order valence-corrected chi connectivity index (χ1v) is 8.59. The maximum Gasteiger partial charge on any atom is 0.262 e. The summed E-state index contributed by atoms with van der Waals surface area (Å²) >= 11 is 3.23. The van der Waals surface area contributed by atoms with Gasteiger partial charge in [-0.15, -0.1) is 11.3 Å². The molecule has 3 heterocycles. The van der Waals surface area contributed by atoms with Crippen molar-refractivity contribution in [3.63, 3.8) is 0 Å². The highest BCUT2D eigenvalue weighted by atomic mass is 32.2. The lowest BCUT2D eigenvalue weighted by atomic mass is 10.2. The second-order valence-electron chi connectivity index (χ2n) is 5.17. The summed E-state index contributed by atoms with van der Waals surface area (Å²) < 4.78 is 7.29. The van der Waals surface area contributed by atoms with Gasteiger partial charge < -0.3 is 4.74 Å². The largest absolute Gasteiger partial charge is 0.377 e. The molecule has 1 aliphatic rings. The third kappa shape index (κ3) is 2.40. The number of thioether (sulfide) groups is 1. The molecule has 20 heavy (non-hydrogen) atoms. The minimum absolute atomic E-state index is 0.0618. The van der Waals surface area contributed by atoms with Crippen molar-refractivity contribution in [3.8, 4) is 0 Å². The van der Waals surface area contributed by atoms with Crippen LogP contribution in [-0.4, -0.2) is 28.0 Å². The summed E-state index contributed by atoms with van der Waals surface area (Å²) in [6, 6.07) is 0. The van der Waals surface area contributed by atoms with Gasteiger partial charge in [-0.3, -0.25) is 9.36 Å². The number of hydrogen-bond acceptors (Lipinski definition) is 5. The molecule has 0 bridgehead atoms. The van der Waals surface area contributed by atoms with Gasteiger partial charge in [0.2, 0.25) is 0 Å². The molecule has 0 aromatic carbocycles. The van der Waals surface area contributed by atoms with Crippen LogP contribution in [0.1, 0.15) is 23.3 Å². The third-order valence-corrected chi connectivity index (χ3v) is 6.05. The third-order valence-electron chi connectivity index (χ3n) is 3.79. The second-order valence-corrected chi connectivity index (χ2v) is 7.36. The van der Waals surface area contributed by atoms with E-state index in [-0.39, 0.29) is 5.56 Å². The van der Waals surface area contributed by atoms with Crippen LogP contribution in [0.4, 0.5) is 0 Å². The van der Waals surface area contributed by atoms with Crippen LogP contribution in [-0.2, 0) is 11.8 Å². The Morgan fingerprint density at radius 2 is 2.30 bits per heavy atom. The van der Waals surface area contributed by atoms with Crippen LogP contribution in [0.15, 0.2) is 9.95 Å². The topological polar surface area (TPSA) is 44.1 Å². The van der Waals surface area contributed by atoms with E-state index >= 15 is 0 Å². The van der Waals surface area contributed by atoms with Crippen molar-refractivity contribution in [3.05, 3.63) is 20.8 Å². The van der Waals surface area contributed by atoms with E-state index in [4.69, 9.17) is 4.74 Å². The molecule has 108 valence electrons. The second kappa shape index (κ2) is 5.50. The molecule has 1 unspecified atom stereocenters. The number of hydrogen-bond donors (Lipinski definition) is 0. The Hall–Kier alpha value is -0.850. The number of nitrogens with zero attached hydrogens (tertiary/aromatic N) is 2. The first-order chi connectivity index (χ1) is 9.58. The van der Waals surface area contributed by atoms with Gasteiger partial charge in [0.25, 0.3) is 5.56 Å². The van der Waals surface area contributed by atoms with Crippen LogP contribution >= 0.6 is 23.1 Å². The molecule has 6 heteroatoms. The lowest BCUT2D eigenvalue weighted by molar-refractivity contribution is 0.129. The van der Waals surface area contributed by atoms with Gasteiger partial charge in [-0.05, 0) is 32.3 Å². The highest BCUT2D eigenvalue weighted by Gasteiger charge is 2.19. The summed E-state index contributed by atoms with van der Waals surface area (Å²) in [5.41, 5.74) is 1.13. The minimum Gasteiger partial charge on any atom is -0.377 e. The van der Waals surface area contributed by atoms with Crippen molar-refractivity contribution in [1.82, 2.24) is 9.55 Å². The Balaban J connectivity index is 1.95. The van der Waals surface area contributed by atoms with Crippen LogP contribution in [0, 0.1) is 13.8 Å². The summed E-state index contributed by atoms with van der Waals surface area (Å²) in [6.45, 7) is 4.90. The lowest BCUT2D eigenvalue weighted by Crippen LogP contribution is -2.20. The zero-order valence-corrected chi connectivity index (χ0v) is 13.6. The van der Waals surface area contributed by atoms with Crippen molar-refractivity contribution < 1.29 is 4.74 Å². The first kappa shape index (κ1) is 14.1. The van der Waals surface area contributed by atoms with Crippen molar-refractivity contribution in [2.75, 3.05) is 12.4 Å². The Kier molecular flexibility index (Phi) is 3.88. The molecular formula is C14H18N2O2S2. The van der Waals surface area contributed by atoms with Crippen molar-refractivity contribution in [2.45, 2.75) is 37.9 Å². The van der Waals surface area contributed by atoms with Crippen LogP contribution in [0.3, 0.4) is 0 Å². The fraction of sp³-hybridized carbons (Fsp3) is 0.571. The smallest absolute Gasteiger partial charge is 0.262 e. The fourth-order valence-corrected chi connectivity index (χ4v) is 4.54. The van der Waals surface area contributed by atoms with E-state index in [1.807, 2.05) is 13.8 Å². The van der Waals surface area contributed by atoms with Crippen molar-refractivity contribution >= 4 is 33.3 Å². The van der Waals surface area contributed by atoms with Crippen molar-refractivity contribution in [2.24, 2.45) is 7.05 Å². The number of ether oxygens (including phenoxy) is 1. The Morgan fingerprint density at radius 1 is 1.50 bits per heavy atom. The maximum absolute atomic E-state index is 12.5. The van der Waals surface area contributed by atoms with Gasteiger partial charge in [0.1, 0.15) is 4.83 Å². The summed E-state index contributed by atoms with van der Waals surface area (Å²) in [5, 5.41) is 1.57. The van der Waals surface area contributed by atoms with Gasteiger partial charge in [0, 0.05) is 24.3 Å². The minimum atomic E-state index is 0.0618. The van der Waals surface area contributed by atoms with Crippen LogP contribution < -0.4 is 5.56 Å². The average Bonchev–Trinajstić information content (AvgIpc) is 3.02. The molecule has 1 saturated heterocycles. The molecule has 0 spiro atoms. The van der Waals surface area contributed by atoms with E-state index < -0.39 is 0 Å². The monoisotopic (exact) mass is 310 g/mol.